The molecule has 2 heteroatoms. The van der Waals surface area contributed by atoms with Crippen molar-refractivity contribution in [2.45, 2.75) is 46.2 Å². The van der Waals surface area contributed by atoms with Crippen LogP contribution < -0.4 is 5.32 Å². The molecular weight excluding hydrogens is 232 g/mol. The Morgan fingerprint density at radius 2 is 1.74 bits per heavy atom. The van der Waals surface area contributed by atoms with Gasteiger partial charge in [-0.3, -0.25) is 4.90 Å². The van der Waals surface area contributed by atoms with Crippen LogP contribution in [-0.4, -0.2) is 31.1 Å². The predicted octanol–water partition coefficient (Wildman–Crippen LogP) is 3.12. The van der Waals surface area contributed by atoms with Crippen LogP contribution >= 0.6 is 0 Å². The fraction of sp³-hybridized carbons (Fsp3) is 0.647. The minimum atomic E-state index is 0.656. The van der Waals surface area contributed by atoms with E-state index in [2.05, 4.69) is 56.2 Å². The van der Waals surface area contributed by atoms with Crippen LogP contribution in [0, 0.1) is 19.8 Å². The fourth-order valence-electron chi connectivity index (χ4n) is 3.27. The number of hydrogen-bond acceptors (Lipinski definition) is 2. The van der Waals surface area contributed by atoms with Crippen LogP contribution in [0.1, 0.15) is 36.5 Å². The van der Waals surface area contributed by atoms with Crippen molar-refractivity contribution < 1.29 is 0 Å². The third-order valence-corrected chi connectivity index (χ3v) is 4.48. The average molecular weight is 260 g/mol. The van der Waals surface area contributed by atoms with Crippen molar-refractivity contribution >= 4 is 0 Å². The van der Waals surface area contributed by atoms with Gasteiger partial charge < -0.3 is 5.32 Å². The lowest BCUT2D eigenvalue weighted by molar-refractivity contribution is 0.159. The Kier molecular flexibility index (Phi) is 5.00. The summed E-state index contributed by atoms with van der Waals surface area (Å²) in [6.07, 6.45) is 2.65. The summed E-state index contributed by atoms with van der Waals surface area (Å²) < 4.78 is 0. The van der Waals surface area contributed by atoms with Crippen LogP contribution in [0.25, 0.3) is 0 Å². The number of likely N-dealkylation sites (tertiary alicyclic amines) is 1. The van der Waals surface area contributed by atoms with E-state index in [4.69, 9.17) is 0 Å². The highest BCUT2D eigenvalue weighted by Crippen LogP contribution is 2.22. The third-order valence-electron chi connectivity index (χ3n) is 4.48. The molecule has 0 bridgehead atoms. The second-order valence-corrected chi connectivity index (χ2v) is 6.19. The van der Waals surface area contributed by atoms with E-state index in [9.17, 15) is 0 Å². The molecule has 0 aliphatic carbocycles. The maximum atomic E-state index is 3.40. The van der Waals surface area contributed by atoms with Crippen LogP contribution in [0.3, 0.4) is 0 Å². The number of benzene rings is 1. The highest BCUT2D eigenvalue weighted by molar-refractivity contribution is 5.28. The third kappa shape index (κ3) is 4.05. The molecule has 1 fully saturated rings. The Labute approximate surface area is 118 Å². The topological polar surface area (TPSA) is 15.3 Å². The fourth-order valence-corrected chi connectivity index (χ4v) is 3.27. The van der Waals surface area contributed by atoms with Gasteiger partial charge in [-0.25, -0.2) is 0 Å². The zero-order chi connectivity index (χ0) is 13.8. The molecule has 1 unspecified atom stereocenters. The summed E-state index contributed by atoms with van der Waals surface area (Å²) in [4.78, 5) is 2.60. The first-order valence-corrected chi connectivity index (χ1v) is 7.55. The van der Waals surface area contributed by atoms with Gasteiger partial charge in [-0.05, 0) is 65.2 Å². The lowest BCUT2D eigenvalue weighted by atomic mass is 9.90. The lowest BCUT2D eigenvalue weighted by Crippen LogP contribution is -2.40. The van der Waals surface area contributed by atoms with E-state index < -0.39 is 0 Å². The van der Waals surface area contributed by atoms with Crippen LogP contribution in [0.15, 0.2) is 18.2 Å². The number of aryl methyl sites for hydroxylation is 2. The van der Waals surface area contributed by atoms with E-state index in [1.165, 1.54) is 42.6 Å². The molecule has 1 saturated heterocycles. The van der Waals surface area contributed by atoms with Gasteiger partial charge >= 0.3 is 0 Å². The molecule has 1 aromatic rings. The largest absolute Gasteiger partial charge is 0.317 e. The minimum Gasteiger partial charge on any atom is -0.317 e. The normalized spacial score (nSPS) is 19.6. The van der Waals surface area contributed by atoms with Crippen molar-refractivity contribution in [3.63, 3.8) is 0 Å². The summed E-state index contributed by atoms with van der Waals surface area (Å²) in [7, 11) is 2.08. The molecule has 1 aliphatic heterocycles. The molecule has 1 N–H and O–H groups in total. The molecule has 0 aromatic heterocycles. The second kappa shape index (κ2) is 6.53. The molecule has 19 heavy (non-hydrogen) atoms. The van der Waals surface area contributed by atoms with Crippen LogP contribution in [0.4, 0.5) is 0 Å². The summed E-state index contributed by atoms with van der Waals surface area (Å²) >= 11 is 0. The maximum Gasteiger partial charge on any atom is 0.0233 e. The molecular formula is C17H28N2. The average Bonchev–Trinajstić information content (AvgIpc) is 2.37. The first-order chi connectivity index (χ1) is 9.08. The highest BCUT2D eigenvalue weighted by atomic mass is 15.1. The lowest BCUT2D eigenvalue weighted by Gasteiger charge is -2.34. The number of nitrogens with one attached hydrogen (secondary N) is 1. The van der Waals surface area contributed by atoms with Crippen molar-refractivity contribution in [1.82, 2.24) is 10.2 Å². The standard InChI is InChI=1S/C17H28N2/c1-13-9-14(2)11-16(10-13)12-19-7-5-17(6-8-19)15(3)18-4/h9-11,15,17-18H,5-8,12H2,1-4H3. The van der Waals surface area contributed by atoms with E-state index in [-0.39, 0.29) is 0 Å². The predicted molar refractivity (Wildman–Crippen MR) is 82.4 cm³/mol. The van der Waals surface area contributed by atoms with E-state index in [0.717, 1.165) is 12.5 Å². The number of piperidine rings is 1. The Morgan fingerprint density at radius 3 is 2.26 bits per heavy atom. The molecule has 106 valence electrons. The first-order valence-electron chi connectivity index (χ1n) is 7.55. The minimum absolute atomic E-state index is 0.656. The molecule has 1 aliphatic rings. The molecule has 0 saturated carbocycles. The quantitative estimate of drug-likeness (QED) is 0.895. The van der Waals surface area contributed by atoms with Gasteiger partial charge in [0.25, 0.3) is 0 Å². The molecule has 0 amide bonds. The second-order valence-electron chi connectivity index (χ2n) is 6.19. The summed E-state index contributed by atoms with van der Waals surface area (Å²) in [5.41, 5.74) is 4.24. The van der Waals surface area contributed by atoms with Crippen LogP contribution in [-0.2, 0) is 6.54 Å². The van der Waals surface area contributed by atoms with Gasteiger partial charge in [-0.15, -0.1) is 0 Å². The van der Waals surface area contributed by atoms with Crippen molar-refractivity contribution in [2.24, 2.45) is 5.92 Å². The number of nitrogens with zero attached hydrogens (tertiary/aromatic N) is 1. The molecule has 1 heterocycles. The Morgan fingerprint density at radius 1 is 1.16 bits per heavy atom. The molecule has 1 aromatic carbocycles. The number of rotatable bonds is 4. The van der Waals surface area contributed by atoms with Crippen LogP contribution in [0.2, 0.25) is 0 Å². The van der Waals surface area contributed by atoms with Gasteiger partial charge in [0.15, 0.2) is 0 Å². The molecule has 0 spiro atoms. The van der Waals surface area contributed by atoms with Gasteiger partial charge in [-0.2, -0.15) is 0 Å². The van der Waals surface area contributed by atoms with Crippen molar-refractivity contribution in [2.75, 3.05) is 20.1 Å². The number of hydrogen-bond donors (Lipinski definition) is 1. The molecule has 0 radical (unpaired) electrons. The van der Waals surface area contributed by atoms with Gasteiger partial charge in [0.1, 0.15) is 0 Å². The summed E-state index contributed by atoms with van der Waals surface area (Å²) in [6, 6.07) is 7.57. The van der Waals surface area contributed by atoms with Gasteiger partial charge in [0.2, 0.25) is 0 Å². The zero-order valence-electron chi connectivity index (χ0n) is 12.9. The van der Waals surface area contributed by atoms with Gasteiger partial charge in [0, 0.05) is 12.6 Å². The Bertz CT molecular complexity index is 385. The van der Waals surface area contributed by atoms with E-state index in [0.29, 0.717) is 6.04 Å². The summed E-state index contributed by atoms with van der Waals surface area (Å²) in [6.45, 7) is 10.3. The molecule has 2 nitrogen and oxygen atoms in total. The molecule has 2 rings (SSSR count). The maximum absolute atomic E-state index is 3.40. The van der Waals surface area contributed by atoms with Crippen LogP contribution in [0.5, 0.6) is 0 Å². The Hall–Kier alpha value is -0.860. The van der Waals surface area contributed by atoms with E-state index in [1.54, 1.807) is 0 Å². The van der Waals surface area contributed by atoms with Crippen molar-refractivity contribution in [1.29, 1.82) is 0 Å². The van der Waals surface area contributed by atoms with Gasteiger partial charge in [-0.1, -0.05) is 29.3 Å². The Balaban J connectivity index is 1.88. The smallest absolute Gasteiger partial charge is 0.0233 e. The monoisotopic (exact) mass is 260 g/mol. The molecule has 1 atom stereocenters. The SMILES string of the molecule is CNC(C)C1CCN(Cc2cc(C)cc(C)c2)CC1. The van der Waals surface area contributed by atoms with Gasteiger partial charge in [0.05, 0.1) is 0 Å². The zero-order valence-corrected chi connectivity index (χ0v) is 12.9. The van der Waals surface area contributed by atoms with E-state index in [1.807, 2.05) is 0 Å². The summed E-state index contributed by atoms with van der Waals surface area (Å²) in [5.74, 6) is 0.848. The summed E-state index contributed by atoms with van der Waals surface area (Å²) in [5, 5.41) is 3.40. The highest BCUT2D eigenvalue weighted by Gasteiger charge is 2.22. The van der Waals surface area contributed by atoms with Crippen molar-refractivity contribution in [3.05, 3.63) is 34.9 Å². The van der Waals surface area contributed by atoms with Crippen molar-refractivity contribution in [3.8, 4) is 0 Å². The first kappa shape index (κ1) is 14.5. The van der Waals surface area contributed by atoms with E-state index >= 15 is 0 Å².